The van der Waals surface area contributed by atoms with Crippen LogP contribution in [0.4, 0.5) is 0 Å². The van der Waals surface area contributed by atoms with Crippen molar-refractivity contribution in [2.45, 2.75) is 5.38 Å². The maximum Gasteiger partial charge on any atom is 0.326 e. The lowest BCUT2D eigenvalue weighted by atomic mass is 10.1. The van der Waals surface area contributed by atoms with Crippen LogP contribution in [-0.4, -0.2) is 18.2 Å². The molecule has 0 saturated carbocycles. The molecular formula is C9H8Cl2O3. The van der Waals surface area contributed by atoms with Gasteiger partial charge in [-0.1, -0.05) is 17.7 Å². The van der Waals surface area contributed by atoms with Crippen molar-refractivity contribution in [3.05, 3.63) is 28.8 Å². The largest absolute Gasteiger partial charge is 0.496 e. The van der Waals surface area contributed by atoms with Crippen molar-refractivity contribution >= 4 is 29.2 Å². The fraction of sp³-hybridized carbons (Fsp3) is 0.222. The number of halogens is 2. The SMILES string of the molecule is COc1cccc(Cl)c1C(Cl)C(=O)O. The fourth-order valence-corrected chi connectivity index (χ4v) is 1.62. The predicted molar refractivity (Wildman–Crippen MR) is 54.2 cm³/mol. The zero-order valence-corrected chi connectivity index (χ0v) is 8.84. The van der Waals surface area contributed by atoms with Gasteiger partial charge in [-0.25, -0.2) is 0 Å². The first-order valence-corrected chi connectivity index (χ1v) is 4.58. The first kappa shape index (κ1) is 11.1. The lowest BCUT2D eigenvalue weighted by Gasteiger charge is -2.11. The first-order valence-electron chi connectivity index (χ1n) is 3.77. The zero-order valence-electron chi connectivity index (χ0n) is 7.33. The van der Waals surface area contributed by atoms with E-state index in [2.05, 4.69) is 0 Å². The van der Waals surface area contributed by atoms with Crippen LogP contribution in [0.3, 0.4) is 0 Å². The molecule has 0 aliphatic heterocycles. The summed E-state index contributed by atoms with van der Waals surface area (Å²) < 4.78 is 4.97. The van der Waals surface area contributed by atoms with Gasteiger partial charge in [-0.05, 0) is 12.1 Å². The summed E-state index contributed by atoms with van der Waals surface area (Å²) >= 11 is 11.5. The Morgan fingerprint density at radius 2 is 2.21 bits per heavy atom. The van der Waals surface area contributed by atoms with E-state index in [0.717, 1.165) is 0 Å². The highest BCUT2D eigenvalue weighted by atomic mass is 35.5. The highest BCUT2D eigenvalue weighted by Gasteiger charge is 2.23. The van der Waals surface area contributed by atoms with E-state index in [9.17, 15) is 4.79 Å². The third-order valence-corrected chi connectivity index (χ3v) is 2.44. The van der Waals surface area contributed by atoms with E-state index in [1.54, 1.807) is 18.2 Å². The monoisotopic (exact) mass is 234 g/mol. The van der Waals surface area contributed by atoms with Gasteiger partial charge >= 0.3 is 5.97 Å². The molecule has 1 aromatic rings. The maximum absolute atomic E-state index is 10.7. The number of hydrogen-bond acceptors (Lipinski definition) is 2. The molecule has 1 atom stereocenters. The average Bonchev–Trinajstić information content (AvgIpc) is 2.16. The van der Waals surface area contributed by atoms with Crippen molar-refractivity contribution in [1.29, 1.82) is 0 Å². The smallest absolute Gasteiger partial charge is 0.326 e. The number of ether oxygens (including phenoxy) is 1. The summed E-state index contributed by atoms with van der Waals surface area (Å²) in [5.41, 5.74) is 0.283. The van der Waals surface area contributed by atoms with E-state index in [1.807, 2.05) is 0 Å². The van der Waals surface area contributed by atoms with Gasteiger partial charge in [0.25, 0.3) is 0 Å². The number of methoxy groups -OCH3 is 1. The van der Waals surface area contributed by atoms with E-state index in [0.29, 0.717) is 5.75 Å². The normalized spacial score (nSPS) is 12.2. The third-order valence-electron chi connectivity index (χ3n) is 1.70. The highest BCUT2D eigenvalue weighted by Crippen LogP contribution is 2.35. The van der Waals surface area contributed by atoms with Crippen LogP contribution in [0.2, 0.25) is 5.02 Å². The third kappa shape index (κ3) is 2.11. The first-order chi connectivity index (χ1) is 6.57. The molecule has 3 nitrogen and oxygen atoms in total. The molecule has 76 valence electrons. The van der Waals surface area contributed by atoms with Crippen molar-refractivity contribution in [3.8, 4) is 5.75 Å². The Balaban J connectivity index is 3.23. The molecule has 0 spiro atoms. The van der Waals surface area contributed by atoms with Crippen LogP contribution in [0.15, 0.2) is 18.2 Å². The molecule has 0 radical (unpaired) electrons. The van der Waals surface area contributed by atoms with E-state index < -0.39 is 11.3 Å². The van der Waals surface area contributed by atoms with Crippen LogP contribution in [0, 0.1) is 0 Å². The van der Waals surface area contributed by atoms with Crippen molar-refractivity contribution in [2.75, 3.05) is 7.11 Å². The minimum absolute atomic E-state index is 0.283. The summed E-state index contributed by atoms with van der Waals surface area (Å²) in [5.74, 6) is -0.780. The number of hydrogen-bond donors (Lipinski definition) is 1. The number of carboxylic acid groups (broad SMARTS) is 1. The Kier molecular flexibility index (Phi) is 3.61. The van der Waals surface area contributed by atoms with Gasteiger partial charge in [-0.15, -0.1) is 11.6 Å². The molecule has 0 aliphatic carbocycles. The van der Waals surface area contributed by atoms with Gasteiger partial charge in [0.1, 0.15) is 5.75 Å². The van der Waals surface area contributed by atoms with E-state index in [1.165, 1.54) is 7.11 Å². The molecule has 0 heterocycles. The minimum atomic E-state index is -1.20. The van der Waals surface area contributed by atoms with Gasteiger partial charge in [0.05, 0.1) is 7.11 Å². The molecule has 0 fully saturated rings. The van der Waals surface area contributed by atoms with Gasteiger partial charge in [0, 0.05) is 10.6 Å². The summed E-state index contributed by atoms with van der Waals surface area (Å²) in [6, 6.07) is 4.84. The molecule has 5 heteroatoms. The van der Waals surface area contributed by atoms with Crippen LogP contribution in [-0.2, 0) is 4.79 Å². The molecular weight excluding hydrogens is 227 g/mol. The second kappa shape index (κ2) is 4.53. The number of aliphatic carboxylic acids is 1. The lowest BCUT2D eigenvalue weighted by molar-refractivity contribution is -0.136. The summed E-state index contributed by atoms with van der Waals surface area (Å²) in [6.45, 7) is 0. The predicted octanol–water partition coefficient (Wildman–Crippen LogP) is 2.71. The number of benzene rings is 1. The van der Waals surface area contributed by atoms with Crippen LogP contribution in [0.25, 0.3) is 0 Å². The van der Waals surface area contributed by atoms with Crippen molar-refractivity contribution in [2.24, 2.45) is 0 Å². The molecule has 1 aromatic carbocycles. The maximum atomic E-state index is 10.7. The summed E-state index contributed by atoms with van der Waals surface area (Å²) in [7, 11) is 1.43. The van der Waals surface area contributed by atoms with Gasteiger partial charge in [0.15, 0.2) is 5.38 Å². The lowest BCUT2D eigenvalue weighted by Crippen LogP contribution is -2.07. The number of carboxylic acids is 1. The number of alkyl halides is 1. The van der Waals surface area contributed by atoms with E-state index in [-0.39, 0.29) is 10.6 Å². The summed E-state index contributed by atoms with van der Waals surface area (Å²) in [6.07, 6.45) is 0. The molecule has 0 amide bonds. The molecule has 1 unspecified atom stereocenters. The molecule has 0 saturated heterocycles. The Labute approximate surface area is 91.2 Å². The molecule has 0 aromatic heterocycles. The summed E-state index contributed by atoms with van der Waals surface area (Å²) in [5, 5.41) is 7.82. The van der Waals surface area contributed by atoms with Crippen LogP contribution < -0.4 is 4.74 Å². The minimum Gasteiger partial charge on any atom is -0.496 e. The summed E-state index contributed by atoms with van der Waals surface area (Å²) in [4.78, 5) is 10.7. The quantitative estimate of drug-likeness (QED) is 0.819. The topological polar surface area (TPSA) is 46.5 Å². The van der Waals surface area contributed by atoms with Gasteiger partial charge in [-0.2, -0.15) is 0 Å². The molecule has 0 bridgehead atoms. The number of rotatable bonds is 3. The molecule has 1 rings (SSSR count). The van der Waals surface area contributed by atoms with Gasteiger partial charge in [0.2, 0.25) is 0 Å². The van der Waals surface area contributed by atoms with E-state index in [4.69, 9.17) is 33.0 Å². The van der Waals surface area contributed by atoms with E-state index >= 15 is 0 Å². The second-order valence-electron chi connectivity index (χ2n) is 2.56. The molecule has 0 aliphatic rings. The van der Waals surface area contributed by atoms with Crippen LogP contribution >= 0.6 is 23.2 Å². The highest BCUT2D eigenvalue weighted by molar-refractivity contribution is 6.35. The average molecular weight is 235 g/mol. The zero-order chi connectivity index (χ0) is 10.7. The second-order valence-corrected chi connectivity index (χ2v) is 3.40. The van der Waals surface area contributed by atoms with Gasteiger partial charge in [-0.3, -0.25) is 4.79 Å². The van der Waals surface area contributed by atoms with Crippen LogP contribution in [0.1, 0.15) is 10.9 Å². The Bertz CT molecular complexity index is 352. The number of carbonyl (C=O) groups is 1. The molecule has 1 N–H and O–H groups in total. The van der Waals surface area contributed by atoms with Crippen molar-refractivity contribution < 1.29 is 14.6 Å². The Morgan fingerprint density at radius 3 is 2.71 bits per heavy atom. The molecule has 14 heavy (non-hydrogen) atoms. The Morgan fingerprint density at radius 1 is 1.57 bits per heavy atom. The Hall–Kier alpha value is -0.930. The van der Waals surface area contributed by atoms with Gasteiger partial charge < -0.3 is 9.84 Å². The van der Waals surface area contributed by atoms with Crippen molar-refractivity contribution in [3.63, 3.8) is 0 Å². The van der Waals surface area contributed by atoms with Crippen LogP contribution in [0.5, 0.6) is 5.75 Å². The standard InChI is InChI=1S/C9H8Cl2O3/c1-14-6-4-2-3-5(10)7(6)8(11)9(12)13/h2-4,8H,1H3,(H,12,13). The van der Waals surface area contributed by atoms with Crippen molar-refractivity contribution in [1.82, 2.24) is 0 Å². The fourth-order valence-electron chi connectivity index (χ4n) is 1.06.